The third-order valence-electron chi connectivity index (χ3n) is 4.41. The highest BCUT2D eigenvalue weighted by atomic mass is 35.5. The molecular formula is C20H19ClN6O. The van der Waals surface area contributed by atoms with E-state index in [4.69, 9.17) is 11.6 Å². The van der Waals surface area contributed by atoms with Crippen LogP contribution >= 0.6 is 11.6 Å². The van der Waals surface area contributed by atoms with Crippen LogP contribution in [0.3, 0.4) is 0 Å². The van der Waals surface area contributed by atoms with Crippen LogP contribution in [0.5, 0.6) is 0 Å². The van der Waals surface area contributed by atoms with Crippen LogP contribution in [0.25, 0.3) is 22.2 Å². The van der Waals surface area contributed by atoms with Crippen LogP contribution in [0.4, 0.5) is 0 Å². The monoisotopic (exact) mass is 394 g/mol. The molecule has 142 valence electrons. The van der Waals surface area contributed by atoms with E-state index in [-0.39, 0.29) is 5.91 Å². The van der Waals surface area contributed by atoms with Crippen molar-refractivity contribution in [3.63, 3.8) is 0 Å². The number of benzene rings is 1. The molecule has 3 aromatic heterocycles. The Kier molecular flexibility index (Phi) is 5.08. The van der Waals surface area contributed by atoms with Gasteiger partial charge in [0.1, 0.15) is 0 Å². The van der Waals surface area contributed by atoms with Gasteiger partial charge in [0.25, 0.3) is 5.91 Å². The number of aryl methyl sites for hydroxylation is 2. The second kappa shape index (κ2) is 7.82. The van der Waals surface area contributed by atoms with E-state index in [2.05, 4.69) is 20.5 Å². The predicted octanol–water partition coefficient (Wildman–Crippen LogP) is 3.31. The molecule has 0 saturated heterocycles. The maximum Gasteiger partial charge on any atom is 0.252 e. The average molecular weight is 395 g/mol. The van der Waals surface area contributed by atoms with Crippen LogP contribution in [0, 0.1) is 0 Å². The standard InChI is InChI=1S/C20H19ClN6O/c1-26-12-14(10-23-26)19-9-17(16-5-2-3-6-18(16)25-19)20(28)22-7-4-8-27-13-15(21)11-24-27/h2-3,5-6,9-13H,4,7-8H2,1H3,(H,22,28). The smallest absolute Gasteiger partial charge is 0.252 e. The van der Waals surface area contributed by atoms with Crippen LogP contribution in [-0.4, -0.2) is 37.0 Å². The summed E-state index contributed by atoms with van der Waals surface area (Å²) in [5.74, 6) is -0.123. The molecule has 28 heavy (non-hydrogen) atoms. The molecule has 0 atom stereocenters. The Morgan fingerprint density at radius 1 is 1.18 bits per heavy atom. The van der Waals surface area contributed by atoms with E-state index in [1.54, 1.807) is 28.0 Å². The summed E-state index contributed by atoms with van der Waals surface area (Å²) in [7, 11) is 1.85. The lowest BCUT2D eigenvalue weighted by atomic mass is 10.0. The van der Waals surface area contributed by atoms with E-state index < -0.39 is 0 Å². The number of hydrogen-bond acceptors (Lipinski definition) is 4. The molecule has 0 unspecified atom stereocenters. The highest BCUT2D eigenvalue weighted by Crippen LogP contribution is 2.24. The molecule has 7 nitrogen and oxygen atoms in total. The van der Waals surface area contributed by atoms with E-state index in [0.717, 1.165) is 28.6 Å². The topological polar surface area (TPSA) is 77.6 Å². The number of aromatic nitrogens is 5. The number of nitrogens with one attached hydrogen (secondary N) is 1. The molecule has 1 amide bonds. The molecule has 0 fully saturated rings. The molecule has 0 spiro atoms. The van der Waals surface area contributed by atoms with Crippen LogP contribution in [0.15, 0.2) is 55.1 Å². The van der Waals surface area contributed by atoms with Gasteiger partial charge in [-0.1, -0.05) is 29.8 Å². The minimum absolute atomic E-state index is 0.123. The van der Waals surface area contributed by atoms with E-state index in [1.807, 2.05) is 43.6 Å². The Balaban J connectivity index is 1.53. The molecule has 0 aliphatic heterocycles. The van der Waals surface area contributed by atoms with Crippen LogP contribution < -0.4 is 5.32 Å². The number of para-hydroxylation sites is 1. The van der Waals surface area contributed by atoms with Gasteiger partial charge in [-0.05, 0) is 18.6 Å². The number of carbonyl (C=O) groups is 1. The van der Waals surface area contributed by atoms with Crippen molar-refractivity contribution in [1.82, 2.24) is 29.9 Å². The van der Waals surface area contributed by atoms with Crippen molar-refractivity contribution in [3.05, 3.63) is 65.7 Å². The SMILES string of the molecule is Cn1cc(-c2cc(C(=O)NCCCn3cc(Cl)cn3)c3ccccc3n2)cn1. The molecule has 0 bridgehead atoms. The lowest BCUT2D eigenvalue weighted by Crippen LogP contribution is -2.25. The van der Waals surface area contributed by atoms with Crippen molar-refractivity contribution in [2.45, 2.75) is 13.0 Å². The lowest BCUT2D eigenvalue weighted by Gasteiger charge is -2.10. The summed E-state index contributed by atoms with van der Waals surface area (Å²) < 4.78 is 3.48. The molecule has 1 aromatic carbocycles. The summed E-state index contributed by atoms with van der Waals surface area (Å²) in [5.41, 5.74) is 2.98. The highest BCUT2D eigenvalue weighted by Gasteiger charge is 2.14. The zero-order valence-corrected chi connectivity index (χ0v) is 16.1. The first-order valence-electron chi connectivity index (χ1n) is 8.95. The summed E-state index contributed by atoms with van der Waals surface area (Å²) in [6, 6.07) is 9.47. The number of rotatable bonds is 6. The Morgan fingerprint density at radius 3 is 2.79 bits per heavy atom. The van der Waals surface area contributed by atoms with E-state index in [9.17, 15) is 4.79 Å². The first kappa shape index (κ1) is 18.2. The Bertz CT molecular complexity index is 1130. The maximum absolute atomic E-state index is 12.9. The van der Waals surface area contributed by atoms with Crippen molar-refractivity contribution in [2.24, 2.45) is 7.05 Å². The molecule has 0 aliphatic carbocycles. The lowest BCUT2D eigenvalue weighted by molar-refractivity contribution is 0.0954. The number of hydrogen-bond donors (Lipinski definition) is 1. The molecule has 3 heterocycles. The molecule has 1 N–H and O–H groups in total. The van der Waals surface area contributed by atoms with Crippen molar-refractivity contribution >= 4 is 28.4 Å². The summed E-state index contributed by atoms with van der Waals surface area (Å²) in [4.78, 5) is 17.5. The van der Waals surface area contributed by atoms with Gasteiger partial charge in [-0.25, -0.2) is 4.98 Å². The summed E-state index contributed by atoms with van der Waals surface area (Å²) in [5, 5.41) is 12.8. The Labute approximate surface area is 167 Å². The molecule has 4 aromatic rings. The third kappa shape index (κ3) is 3.89. The molecule has 4 rings (SSSR count). The van der Waals surface area contributed by atoms with Gasteiger partial charge in [0.2, 0.25) is 0 Å². The van der Waals surface area contributed by atoms with Crippen molar-refractivity contribution in [2.75, 3.05) is 6.54 Å². The second-order valence-corrected chi connectivity index (χ2v) is 6.94. The summed E-state index contributed by atoms with van der Waals surface area (Å²) in [6.07, 6.45) is 7.74. The average Bonchev–Trinajstić information content (AvgIpc) is 3.32. The first-order chi connectivity index (χ1) is 13.6. The minimum atomic E-state index is -0.123. The molecule has 0 radical (unpaired) electrons. The predicted molar refractivity (Wildman–Crippen MR) is 108 cm³/mol. The van der Waals surface area contributed by atoms with Gasteiger partial charge in [-0.2, -0.15) is 10.2 Å². The number of halogens is 1. The van der Waals surface area contributed by atoms with Gasteiger partial charge in [-0.3, -0.25) is 14.2 Å². The second-order valence-electron chi connectivity index (χ2n) is 6.51. The zero-order chi connectivity index (χ0) is 19.5. The third-order valence-corrected chi connectivity index (χ3v) is 4.61. The van der Waals surface area contributed by atoms with Crippen LogP contribution in [0.2, 0.25) is 5.02 Å². The number of nitrogens with zero attached hydrogens (tertiary/aromatic N) is 5. The van der Waals surface area contributed by atoms with Gasteiger partial charge in [0, 0.05) is 43.5 Å². The van der Waals surface area contributed by atoms with E-state index in [1.165, 1.54) is 0 Å². The van der Waals surface area contributed by atoms with Gasteiger partial charge in [-0.15, -0.1) is 0 Å². The summed E-state index contributed by atoms with van der Waals surface area (Å²) >= 11 is 5.86. The molecule has 8 heteroatoms. The first-order valence-corrected chi connectivity index (χ1v) is 9.33. The molecule has 0 saturated carbocycles. The van der Waals surface area contributed by atoms with Crippen molar-refractivity contribution in [3.8, 4) is 11.3 Å². The Hall–Kier alpha value is -3.19. The Morgan fingerprint density at radius 2 is 2.04 bits per heavy atom. The quantitative estimate of drug-likeness (QED) is 0.509. The maximum atomic E-state index is 12.9. The zero-order valence-electron chi connectivity index (χ0n) is 15.3. The highest BCUT2D eigenvalue weighted by molar-refractivity contribution is 6.30. The van der Waals surface area contributed by atoms with Crippen LogP contribution in [-0.2, 0) is 13.6 Å². The number of pyridine rings is 1. The molecular weight excluding hydrogens is 376 g/mol. The van der Waals surface area contributed by atoms with Crippen molar-refractivity contribution < 1.29 is 4.79 Å². The van der Waals surface area contributed by atoms with E-state index >= 15 is 0 Å². The number of fused-ring (bicyclic) bond motifs is 1. The minimum Gasteiger partial charge on any atom is -0.352 e. The number of amides is 1. The van der Waals surface area contributed by atoms with Crippen LogP contribution in [0.1, 0.15) is 16.8 Å². The fourth-order valence-electron chi connectivity index (χ4n) is 3.06. The summed E-state index contributed by atoms with van der Waals surface area (Å²) in [6.45, 7) is 1.22. The number of carbonyl (C=O) groups excluding carboxylic acids is 1. The van der Waals surface area contributed by atoms with Crippen molar-refractivity contribution in [1.29, 1.82) is 0 Å². The largest absolute Gasteiger partial charge is 0.352 e. The van der Waals surface area contributed by atoms with E-state index in [0.29, 0.717) is 23.7 Å². The van der Waals surface area contributed by atoms with Gasteiger partial charge >= 0.3 is 0 Å². The van der Waals surface area contributed by atoms with Gasteiger partial charge < -0.3 is 5.32 Å². The van der Waals surface area contributed by atoms with Gasteiger partial charge in [0.05, 0.1) is 34.2 Å². The normalized spacial score (nSPS) is 11.1. The fourth-order valence-corrected chi connectivity index (χ4v) is 3.22. The fraction of sp³-hybridized carbons (Fsp3) is 0.200. The molecule has 0 aliphatic rings. The van der Waals surface area contributed by atoms with Gasteiger partial charge in [0.15, 0.2) is 0 Å².